The van der Waals surface area contributed by atoms with Crippen molar-refractivity contribution in [1.82, 2.24) is 24.5 Å². The van der Waals surface area contributed by atoms with Crippen LogP contribution in [0, 0.1) is 13.8 Å². The summed E-state index contributed by atoms with van der Waals surface area (Å²) in [7, 11) is 0. The number of fused-ring (bicyclic) bond motifs is 1. The molecule has 3 heterocycles. The molecule has 0 aliphatic carbocycles. The van der Waals surface area contributed by atoms with E-state index < -0.39 is 5.91 Å². The zero-order valence-corrected chi connectivity index (χ0v) is 14.7. The van der Waals surface area contributed by atoms with Crippen molar-refractivity contribution in [1.29, 1.82) is 0 Å². The van der Waals surface area contributed by atoms with Gasteiger partial charge in [-0.1, -0.05) is 22.9 Å². The van der Waals surface area contributed by atoms with E-state index in [0.29, 0.717) is 22.6 Å². The van der Waals surface area contributed by atoms with Crippen LogP contribution in [0.5, 0.6) is 0 Å². The molecule has 27 heavy (non-hydrogen) atoms. The number of aryl methyl sites for hydroxylation is 2. The molecule has 136 valence electrons. The van der Waals surface area contributed by atoms with Crippen LogP contribution >= 0.6 is 0 Å². The molecule has 1 aromatic carbocycles. The fourth-order valence-electron chi connectivity index (χ4n) is 2.70. The van der Waals surface area contributed by atoms with Gasteiger partial charge in [0.05, 0.1) is 11.9 Å². The van der Waals surface area contributed by atoms with E-state index in [1.54, 1.807) is 17.7 Å². The van der Waals surface area contributed by atoms with Crippen LogP contribution < -0.4 is 10.9 Å². The van der Waals surface area contributed by atoms with Crippen LogP contribution in [-0.4, -0.2) is 30.4 Å². The van der Waals surface area contributed by atoms with Gasteiger partial charge in [-0.2, -0.15) is 5.10 Å². The Morgan fingerprint density at radius 1 is 1.22 bits per heavy atom. The largest absolute Gasteiger partial charge is 0.360 e. The summed E-state index contributed by atoms with van der Waals surface area (Å²) in [6.07, 6.45) is 2.80. The number of carbonyl (C=O) groups excluding carboxylic acids is 1. The van der Waals surface area contributed by atoms with Gasteiger partial charge in [-0.05, 0) is 26.0 Å². The lowest BCUT2D eigenvalue weighted by molar-refractivity contribution is -0.116. The Labute approximate surface area is 153 Å². The van der Waals surface area contributed by atoms with Gasteiger partial charge in [0, 0.05) is 6.07 Å². The molecule has 0 saturated carbocycles. The minimum Gasteiger partial charge on any atom is -0.360 e. The molecule has 9 heteroatoms. The molecule has 0 fully saturated rings. The molecule has 0 bridgehead atoms. The summed E-state index contributed by atoms with van der Waals surface area (Å²) >= 11 is 0. The molecule has 1 N–H and O–H groups in total. The Hall–Kier alpha value is -3.75. The number of hydrogen-bond donors (Lipinski definition) is 1. The minimum absolute atomic E-state index is 0.191. The predicted octanol–water partition coefficient (Wildman–Crippen LogP) is 1.83. The second-order valence-corrected chi connectivity index (χ2v) is 6.18. The maximum atomic E-state index is 12.7. The highest BCUT2D eigenvalue weighted by molar-refractivity contribution is 5.89. The van der Waals surface area contributed by atoms with Crippen molar-refractivity contribution in [3.05, 3.63) is 64.5 Å². The molecule has 9 nitrogen and oxygen atoms in total. The maximum absolute atomic E-state index is 12.7. The SMILES string of the molecule is Cc1ccc(-n2ncc3c(=O)n(CC(=O)Nc4cc(C)on4)cnc32)cc1. The van der Waals surface area contributed by atoms with Crippen molar-refractivity contribution in [3.8, 4) is 5.69 Å². The van der Waals surface area contributed by atoms with Gasteiger partial charge < -0.3 is 9.84 Å². The number of amides is 1. The van der Waals surface area contributed by atoms with E-state index in [0.717, 1.165) is 11.3 Å². The van der Waals surface area contributed by atoms with Crippen LogP contribution in [0.4, 0.5) is 5.82 Å². The van der Waals surface area contributed by atoms with Crippen molar-refractivity contribution >= 4 is 22.8 Å². The molecule has 0 spiro atoms. The lowest BCUT2D eigenvalue weighted by atomic mass is 10.2. The minimum atomic E-state index is -0.405. The zero-order chi connectivity index (χ0) is 19.0. The standard InChI is InChI=1S/C18H16N6O3/c1-11-3-5-13(6-4-11)24-17-14(8-20-24)18(26)23(10-19-17)9-16(25)21-15-7-12(2)27-22-15/h3-8,10H,9H2,1-2H3,(H,21,22,25). The molecule has 0 unspecified atom stereocenters. The average molecular weight is 364 g/mol. The van der Waals surface area contributed by atoms with E-state index in [4.69, 9.17) is 4.52 Å². The first-order valence-electron chi connectivity index (χ1n) is 8.24. The van der Waals surface area contributed by atoms with Gasteiger partial charge in [-0.3, -0.25) is 14.2 Å². The number of hydrogen-bond acceptors (Lipinski definition) is 6. The molecule has 0 aliphatic heterocycles. The summed E-state index contributed by atoms with van der Waals surface area (Å²) in [4.78, 5) is 29.1. The average Bonchev–Trinajstić information content (AvgIpc) is 3.25. The molecule has 0 radical (unpaired) electrons. The predicted molar refractivity (Wildman–Crippen MR) is 97.7 cm³/mol. The number of nitrogens with one attached hydrogen (secondary N) is 1. The molecule has 0 saturated heterocycles. The van der Waals surface area contributed by atoms with Crippen LogP contribution in [0.15, 0.2) is 52.2 Å². The summed E-state index contributed by atoms with van der Waals surface area (Å²) < 4.78 is 7.72. The molecule has 0 aliphatic rings. The van der Waals surface area contributed by atoms with Gasteiger partial charge in [-0.25, -0.2) is 9.67 Å². The van der Waals surface area contributed by atoms with Gasteiger partial charge in [-0.15, -0.1) is 0 Å². The second-order valence-electron chi connectivity index (χ2n) is 6.18. The van der Waals surface area contributed by atoms with Crippen LogP contribution in [0.25, 0.3) is 16.7 Å². The van der Waals surface area contributed by atoms with Crippen LogP contribution in [0.3, 0.4) is 0 Å². The van der Waals surface area contributed by atoms with Crippen molar-refractivity contribution in [2.75, 3.05) is 5.32 Å². The summed E-state index contributed by atoms with van der Waals surface area (Å²) in [5, 5.41) is 10.9. The van der Waals surface area contributed by atoms with E-state index in [9.17, 15) is 9.59 Å². The smallest absolute Gasteiger partial charge is 0.264 e. The van der Waals surface area contributed by atoms with E-state index in [1.165, 1.54) is 17.1 Å². The fourth-order valence-corrected chi connectivity index (χ4v) is 2.70. The number of rotatable bonds is 4. The van der Waals surface area contributed by atoms with Crippen molar-refractivity contribution in [2.24, 2.45) is 0 Å². The summed E-state index contributed by atoms with van der Waals surface area (Å²) in [6.45, 7) is 3.52. The topological polar surface area (TPSA) is 108 Å². The number of aromatic nitrogens is 5. The Balaban J connectivity index is 1.62. The molecule has 4 rings (SSSR count). The summed E-state index contributed by atoms with van der Waals surface area (Å²) in [5.74, 6) is 0.471. The van der Waals surface area contributed by atoms with Gasteiger partial charge in [0.1, 0.15) is 24.0 Å². The molecule has 3 aromatic heterocycles. The van der Waals surface area contributed by atoms with E-state index in [2.05, 4.69) is 20.6 Å². The third-order valence-corrected chi connectivity index (χ3v) is 4.04. The van der Waals surface area contributed by atoms with E-state index in [1.807, 2.05) is 31.2 Å². The number of benzene rings is 1. The zero-order valence-electron chi connectivity index (χ0n) is 14.7. The van der Waals surface area contributed by atoms with Gasteiger partial charge in [0.15, 0.2) is 11.5 Å². The lowest BCUT2D eigenvalue weighted by Gasteiger charge is -2.06. The Kier molecular flexibility index (Phi) is 4.03. The number of carbonyl (C=O) groups is 1. The van der Waals surface area contributed by atoms with Gasteiger partial charge in [0.25, 0.3) is 5.56 Å². The Bertz CT molecular complexity index is 1190. The first kappa shape index (κ1) is 16.7. The van der Waals surface area contributed by atoms with E-state index in [-0.39, 0.29) is 12.1 Å². The third kappa shape index (κ3) is 3.22. The lowest BCUT2D eigenvalue weighted by Crippen LogP contribution is -2.27. The first-order valence-corrected chi connectivity index (χ1v) is 8.24. The number of nitrogens with zero attached hydrogens (tertiary/aromatic N) is 5. The van der Waals surface area contributed by atoms with Crippen molar-refractivity contribution in [2.45, 2.75) is 20.4 Å². The van der Waals surface area contributed by atoms with Crippen molar-refractivity contribution < 1.29 is 9.32 Å². The summed E-state index contributed by atoms with van der Waals surface area (Å²) in [5.41, 5.74) is 2.02. The van der Waals surface area contributed by atoms with Crippen LogP contribution in [-0.2, 0) is 11.3 Å². The maximum Gasteiger partial charge on any atom is 0.264 e. The van der Waals surface area contributed by atoms with Crippen molar-refractivity contribution in [3.63, 3.8) is 0 Å². The van der Waals surface area contributed by atoms with Crippen LogP contribution in [0.1, 0.15) is 11.3 Å². The Morgan fingerprint density at radius 3 is 2.70 bits per heavy atom. The highest BCUT2D eigenvalue weighted by Gasteiger charge is 2.14. The van der Waals surface area contributed by atoms with Gasteiger partial charge in [0.2, 0.25) is 5.91 Å². The molecular formula is C18H16N6O3. The van der Waals surface area contributed by atoms with Crippen LogP contribution in [0.2, 0.25) is 0 Å². The quantitative estimate of drug-likeness (QED) is 0.592. The Morgan fingerprint density at radius 2 is 2.00 bits per heavy atom. The highest BCUT2D eigenvalue weighted by Crippen LogP contribution is 2.14. The number of anilines is 1. The second kappa shape index (κ2) is 6.52. The summed E-state index contributed by atoms with van der Waals surface area (Å²) in [6, 6.07) is 9.32. The fraction of sp³-hybridized carbons (Fsp3) is 0.167. The monoisotopic (exact) mass is 364 g/mol. The molecule has 0 atom stereocenters. The molecular weight excluding hydrogens is 348 g/mol. The molecule has 1 amide bonds. The normalized spacial score (nSPS) is 11.0. The van der Waals surface area contributed by atoms with E-state index >= 15 is 0 Å². The first-order chi connectivity index (χ1) is 13.0. The molecule has 4 aromatic rings. The highest BCUT2D eigenvalue weighted by atomic mass is 16.5. The van der Waals surface area contributed by atoms with Gasteiger partial charge >= 0.3 is 0 Å². The third-order valence-electron chi connectivity index (χ3n) is 4.04.